The Balaban J connectivity index is 2.95. The number of anilines is 1. The smallest absolute Gasteiger partial charge is 0.240 e. The van der Waals surface area contributed by atoms with E-state index in [1.165, 1.54) is 6.92 Å². The molecule has 0 fully saturated rings. The van der Waals surface area contributed by atoms with Crippen molar-refractivity contribution in [2.75, 3.05) is 38.6 Å². The summed E-state index contributed by atoms with van der Waals surface area (Å²) in [6.45, 7) is 7.05. The van der Waals surface area contributed by atoms with E-state index >= 15 is 0 Å². The van der Waals surface area contributed by atoms with Crippen molar-refractivity contribution in [1.82, 2.24) is 10.2 Å². The van der Waals surface area contributed by atoms with Crippen molar-refractivity contribution in [3.8, 4) is 0 Å². The first-order valence-corrected chi connectivity index (χ1v) is 8.20. The molecule has 1 N–H and O–H groups in total. The van der Waals surface area contributed by atoms with Crippen LogP contribution in [0.2, 0.25) is 0 Å². The lowest BCUT2D eigenvalue weighted by molar-refractivity contribution is -0.123. The van der Waals surface area contributed by atoms with Gasteiger partial charge in [-0.05, 0) is 38.1 Å². The van der Waals surface area contributed by atoms with E-state index in [2.05, 4.69) is 19.2 Å². The fraction of sp³-hybridized carbons (Fsp3) is 0.556. The van der Waals surface area contributed by atoms with E-state index in [1.54, 1.807) is 4.90 Å². The van der Waals surface area contributed by atoms with Crippen molar-refractivity contribution >= 4 is 17.5 Å². The first-order valence-electron chi connectivity index (χ1n) is 8.20. The van der Waals surface area contributed by atoms with E-state index in [0.717, 1.165) is 36.2 Å². The van der Waals surface area contributed by atoms with Crippen LogP contribution in [0.3, 0.4) is 0 Å². The van der Waals surface area contributed by atoms with Crippen LogP contribution in [-0.4, -0.2) is 50.4 Å². The number of rotatable bonds is 8. The summed E-state index contributed by atoms with van der Waals surface area (Å²) in [5.41, 5.74) is 3.09. The van der Waals surface area contributed by atoms with Crippen LogP contribution in [0, 0.1) is 0 Å². The highest BCUT2D eigenvalue weighted by atomic mass is 16.2. The highest BCUT2D eigenvalue weighted by Crippen LogP contribution is 2.27. The average Bonchev–Trinajstić information content (AvgIpc) is 2.51. The van der Waals surface area contributed by atoms with Gasteiger partial charge in [-0.1, -0.05) is 32.0 Å². The normalized spacial score (nSPS) is 10.7. The Bertz CT molecular complexity index is 519. The molecular weight excluding hydrogens is 290 g/mol. The molecule has 0 saturated heterocycles. The minimum atomic E-state index is -0.130. The van der Waals surface area contributed by atoms with Crippen LogP contribution in [0.1, 0.15) is 31.9 Å². The molecule has 0 saturated carbocycles. The Morgan fingerprint density at radius 3 is 2.09 bits per heavy atom. The molecule has 0 aliphatic rings. The summed E-state index contributed by atoms with van der Waals surface area (Å²) >= 11 is 0. The molecule has 5 nitrogen and oxygen atoms in total. The van der Waals surface area contributed by atoms with Gasteiger partial charge >= 0.3 is 0 Å². The number of hydrogen-bond donors (Lipinski definition) is 1. The summed E-state index contributed by atoms with van der Waals surface area (Å²) in [6.07, 6.45) is 1.66. The van der Waals surface area contributed by atoms with Crippen LogP contribution in [0.25, 0.3) is 0 Å². The third-order valence-electron chi connectivity index (χ3n) is 3.80. The van der Waals surface area contributed by atoms with E-state index in [1.807, 2.05) is 37.2 Å². The number of carbonyl (C=O) groups excluding carboxylic acids is 2. The molecule has 0 bridgehead atoms. The van der Waals surface area contributed by atoms with Crippen LogP contribution in [-0.2, 0) is 22.4 Å². The maximum atomic E-state index is 12.2. The molecule has 0 aliphatic carbocycles. The predicted molar refractivity (Wildman–Crippen MR) is 94.8 cm³/mol. The Kier molecular flexibility index (Phi) is 7.75. The van der Waals surface area contributed by atoms with E-state index < -0.39 is 0 Å². The molecule has 23 heavy (non-hydrogen) atoms. The molecule has 0 atom stereocenters. The molecule has 5 heteroatoms. The predicted octanol–water partition coefficient (Wildman–Crippen LogP) is 1.84. The SMILES string of the molecule is CCc1cccc(CC)c1N(CC(=O)NCCN(C)C)C(C)=O. The van der Waals surface area contributed by atoms with Crippen molar-refractivity contribution in [1.29, 1.82) is 0 Å². The number of aryl methyl sites for hydroxylation is 2. The lowest BCUT2D eigenvalue weighted by Crippen LogP contribution is -2.42. The average molecular weight is 319 g/mol. The van der Waals surface area contributed by atoms with Crippen LogP contribution in [0.5, 0.6) is 0 Å². The lowest BCUT2D eigenvalue weighted by atomic mass is 10.0. The fourth-order valence-electron chi connectivity index (χ4n) is 2.53. The van der Waals surface area contributed by atoms with Crippen LogP contribution >= 0.6 is 0 Å². The highest BCUT2D eigenvalue weighted by Gasteiger charge is 2.20. The van der Waals surface area contributed by atoms with Gasteiger partial charge in [0.25, 0.3) is 0 Å². The van der Waals surface area contributed by atoms with Gasteiger partial charge in [-0.3, -0.25) is 9.59 Å². The number of nitrogens with zero attached hydrogens (tertiary/aromatic N) is 2. The second-order valence-electron chi connectivity index (χ2n) is 5.89. The molecule has 0 heterocycles. The third kappa shape index (κ3) is 5.67. The summed E-state index contributed by atoms with van der Waals surface area (Å²) < 4.78 is 0. The van der Waals surface area contributed by atoms with Gasteiger partial charge < -0.3 is 15.1 Å². The van der Waals surface area contributed by atoms with Gasteiger partial charge in [0.1, 0.15) is 6.54 Å². The van der Waals surface area contributed by atoms with Gasteiger partial charge in [0, 0.05) is 20.0 Å². The zero-order chi connectivity index (χ0) is 17.4. The highest BCUT2D eigenvalue weighted by molar-refractivity contribution is 5.98. The van der Waals surface area contributed by atoms with Crippen LogP contribution < -0.4 is 10.2 Å². The number of benzene rings is 1. The summed E-state index contributed by atoms with van der Waals surface area (Å²) in [4.78, 5) is 27.9. The third-order valence-corrected chi connectivity index (χ3v) is 3.80. The number of hydrogen-bond acceptors (Lipinski definition) is 3. The van der Waals surface area contributed by atoms with Gasteiger partial charge in [-0.15, -0.1) is 0 Å². The summed E-state index contributed by atoms with van der Waals surface area (Å²) in [5, 5.41) is 2.87. The molecule has 0 aliphatic heterocycles. The van der Waals surface area contributed by atoms with Gasteiger partial charge in [-0.2, -0.15) is 0 Å². The second-order valence-corrected chi connectivity index (χ2v) is 5.89. The Labute approximate surface area is 139 Å². The van der Waals surface area contributed by atoms with Crippen molar-refractivity contribution in [3.63, 3.8) is 0 Å². The first kappa shape index (κ1) is 19.2. The van der Waals surface area contributed by atoms with Crippen molar-refractivity contribution < 1.29 is 9.59 Å². The Morgan fingerprint density at radius 2 is 1.65 bits per heavy atom. The molecule has 1 aromatic carbocycles. The largest absolute Gasteiger partial charge is 0.353 e. The van der Waals surface area contributed by atoms with Crippen LogP contribution in [0.15, 0.2) is 18.2 Å². The Morgan fingerprint density at radius 1 is 1.09 bits per heavy atom. The zero-order valence-electron chi connectivity index (χ0n) is 15.0. The lowest BCUT2D eigenvalue weighted by Gasteiger charge is -2.26. The van der Waals surface area contributed by atoms with Crippen molar-refractivity contribution in [3.05, 3.63) is 29.3 Å². The monoisotopic (exact) mass is 319 g/mol. The molecule has 0 aromatic heterocycles. The van der Waals surface area contributed by atoms with E-state index in [9.17, 15) is 9.59 Å². The topological polar surface area (TPSA) is 52.7 Å². The number of nitrogens with one attached hydrogen (secondary N) is 1. The van der Waals surface area contributed by atoms with Gasteiger partial charge in [-0.25, -0.2) is 0 Å². The summed E-state index contributed by atoms with van der Waals surface area (Å²) in [7, 11) is 3.91. The first-order chi connectivity index (χ1) is 10.9. The van der Waals surface area contributed by atoms with Crippen molar-refractivity contribution in [2.45, 2.75) is 33.6 Å². The van der Waals surface area contributed by atoms with Gasteiger partial charge in [0.2, 0.25) is 11.8 Å². The maximum absolute atomic E-state index is 12.2. The molecule has 0 unspecified atom stereocenters. The molecule has 1 aromatic rings. The quantitative estimate of drug-likeness (QED) is 0.795. The number of para-hydroxylation sites is 1. The van der Waals surface area contributed by atoms with Gasteiger partial charge in [0.05, 0.1) is 5.69 Å². The Hall–Kier alpha value is -1.88. The molecule has 0 radical (unpaired) electrons. The number of carbonyl (C=O) groups is 2. The number of likely N-dealkylation sites (N-methyl/N-ethyl adjacent to an activating group) is 1. The summed E-state index contributed by atoms with van der Waals surface area (Å²) in [5.74, 6) is -0.238. The summed E-state index contributed by atoms with van der Waals surface area (Å²) in [6, 6.07) is 6.05. The second kappa shape index (κ2) is 9.30. The van der Waals surface area contributed by atoms with Crippen molar-refractivity contribution in [2.24, 2.45) is 0 Å². The zero-order valence-corrected chi connectivity index (χ0v) is 15.0. The van der Waals surface area contributed by atoms with Crippen LogP contribution in [0.4, 0.5) is 5.69 Å². The molecular formula is C18H29N3O2. The number of amides is 2. The molecule has 2 amide bonds. The maximum Gasteiger partial charge on any atom is 0.240 e. The minimum absolute atomic E-state index is 0.0623. The standard InChI is InChI=1S/C18H29N3O2/c1-6-15-9-8-10-16(7-2)18(15)21(14(3)22)13-17(23)19-11-12-20(4)5/h8-10H,6-7,11-13H2,1-5H3,(H,19,23). The molecule has 1 rings (SSSR count). The minimum Gasteiger partial charge on any atom is -0.353 e. The van der Waals surface area contributed by atoms with Gasteiger partial charge in [0.15, 0.2) is 0 Å². The van der Waals surface area contributed by atoms with E-state index in [4.69, 9.17) is 0 Å². The molecule has 128 valence electrons. The van der Waals surface area contributed by atoms with E-state index in [0.29, 0.717) is 6.54 Å². The molecule has 0 spiro atoms. The van der Waals surface area contributed by atoms with E-state index in [-0.39, 0.29) is 18.4 Å². The fourth-order valence-corrected chi connectivity index (χ4v) is 2.53.